The number of nitro groups is 2. The number of carbonyl (C=O) groups excluding carboxylic acids is 4. The number of fused-ring (bicyclic) bond motifs is 6. The van der Waals surface area contributed by atoms with Gasteiger partial charge in [-0.2, -0.15) is 0 Å². The van der Waals surface area contributed by atoms with Crippen molar-refractivity contribution >= 4 is 131 Å². The van der Waals surface area contributed by atoms with Gasteiger partial charge in [-0.15, -0.1) is 23.2 Å². The van der Waals surface area contributed by atoms with Crippen LogP contribution in [0.5, 0.6) is 11.5 Å². The summed E-state index contributed by atoms with van der Waals surface area (Å²) in [6.07, 6.45) is 4.07. The Morgan fingerprint density at radius 1 is 0.573 bits per heavy atom. The van der Waals surface area contributed by atoms with Crippen LogP contribution in [0.15, 0.2) is 133 Å². The topological polar surface area (TPSA) is 337 Å². The summed E-state index contributed by atoms with van der Waals surface area (Å²) in [5, 5.41) is 30.9. The molecule has 82 heavy (non-hydrogen) atoms. The Labute approximate surface area is 473 Å². The van der Waals surface area contributed by atoms with E-state index in [2.05, 4.69) is 19.7 Å². The maximum atomic E-state index is 14.1. The molecular formula is C54H44Cl2N6O18P2. The minimum atomic E-state index is -5.18. The van der Waals surface area contributed by atoms with Crippen molar-refractivity contribution in [1.82, 2.24) is 0 Å². The largest absolute Gasteiger partial charge is 0.525 e. The first-order valence-corrected chi connectivity index (χ1v) is 28.5. The van der Waals surface area contributed by atoms with Gasteiger partial charge in [0.2, 0.25) is 11.5 Å². The van der Waals surface area contributed by atoms with Crippen LogP contribution in [0.1, 0.15) is 45.2 Å². The highest BCUT2D eigenvalue weighted by atomic mass is 35.5. The number of carbonyl (C=O) groups is 4. The van der Waals surface area contributed by atoms with Crippen molar-refractivity contribution in [2.24, 2.45) is 0 Å². The van der Waals surface area contributed by atoms with Gasteiger partial charge >= 0.3 is 39.2 Å². The molecule has 6 N–H and O–H groups in total. The molecule has 0 saturated heterocycles. The first-order valence-electron chi connectivity index (χ1n) is 24.3. The Bertz CT molecular complexity index is 3680. The molecule has 9 rings (SSSR count). The Morgan fingerprint density at radius 3 is 1.33 bits per heavy atom. The predicted molar refractivity (Wildman–Crippen MR) is 303 cm³/mol. The van der Waals surface area contributed by atoms with Gasteiger partial charge in [0.15, 0.2) is 0 Å². The number of anilines is 4. The first kappa shape index (κ1) is 58.0. The van der Waals surface area contributed by atoms with Crippen LogP contribution in [-0.4, -0.2) is 78.3 Å². The number of ether oxygens (including phenoxy) is 2. The van der Waals surface area contributed by atoms with Gasteiger partial charge in [0, 0.05) is 71.7 Å². The van der Waals surface area contributed by atoms with Crippen LogP contribution in [-0.2, 0) is 41.4 Å². The lowest BCUT2D eigenvalue weighted by Crippen LogP contribution is -2.28. The fourth-order valence-electron chi connectivity index (χ4n) is 9.64. The number of alkyl halides is 2. The van der Waals surface area contributed by atoms with Crippen LogP contribution in [0.2, 0.25) is 0 Å². The average Bonchev–Trinajstić information content (AvgIpc) is 2.63. The summed E-state index contributed by atoms with van der Waals surface area (Å²) < 4.78 is 42.7. The summed E-state index contributed by atoms with van der Waals surface area (Å²) in [5.41, 5.74) is 3.08. The predicted octanol–water partition coefficient (Wildman–Crippen LogP) is 11.0. The summed E-state index contributed by atoms with van der Waals surface area (Å²) in [6, 6.07) is 30.9. The summed E-state index contributed by atoms with van der Waals surface area (Å²) in [4.78, 5) is 116. The maximum absolute atomic E-state index is 14.1. The van der Waals surface area contributed by atoms with E-state index < -0.39 is 85.6 Å². The van der Waals surface area contributed by atoms with Crippen LogP contribution in [0.3, 0.4) is 0 Å². The van der Waals surface area contributed by atoms with E-state index >= 15 is 0 Å². The number of rotatable bonds is 18. The molecule has 28 heteroatoms. The highest BCUT2D eigenvalue weighted by Crippen LogP contribution is 2.48. The zero-order chi connectivity index (χ0) is 58.6. The van der Waals surface area contributed by atoms with Gasteiger partial charge in [-0.1, -0.05) is 66.7 Å². The number of hydrogen-bond acceptors (Lipinski definition) is 14. The summed E-state index contributed by atoms with van der Waals surface area (Å²) in [5.74, 6) is -2.54. The van der Waals surface area contributed by atoms with Crippen LogP contribution in [0.25, 0.3) is 33.7 Å². The summed E-state index contributed by atoms with van der Waals surface area (Å²) >= 11 is 13.0. The van der Waals surface area contributed by atoms with Crippen molar-refractivity contribution in [2.75, 3.05) is 45.3 Å². The third-order valence-electron chi connectivity index (χ3n) is 13.1. The van der Waals surface area contributed by atoms with Gasteiger partial charge in [-0.25, -0.2) is 18.7 Å². The number of nitro benzene ring substituents is 2. The Kier molecular flexibility index (Phi) is 17.1. The highest BCUT2D eigenvalue weighted by Gasteiger charge is 2.36. The SMILES string of the molecule is O=C(Nc1cc2c(c3ccccc13)C(CCl)CN2C(=O)C=Cc1cccc(C=CC(=O)N2CC(CCl)c3c2cc(NC(=O)OCc2ccc([N+](=O)[O-])c(OP(=O)(O)O)c2)c2ccccc32)c1)OCc1ccc([N+](=O)[O-])c(OP(=O)(O)O)c1. The normalized spacial score (nSPS) is 14.9. The molecule has 7 aromatic rings. The quantitative estimate of drug-likeness (QED) is 0.0153. The molecule has 0 saturated carbocycles. The fraction of sp³-hybridized carbons (Fsp3) is 0.148. The smallest absolute Gasteiger partial charge is 0.444 e. The van der Waals surface area contributed by atoms with Crippen molar-refractivity contribution in [2.45, 2.75) is 25.0 Å². The van der Waals surface area contributed by atoms with Gasteiger partial charge < -0.3 is 28.3 Å². The third kappa shape index (κ3) is 13.2. The summed E-state index contributed by atoms with van der Waals surface area (Å²) in [6.45, 7) is -0.538. The van der Waals surface area contributed by atoms with Crippen LogP contribution >= 0.6 is 38.8 Å². The molecule has 0 spiro atoms. The van der Waals surface area contributed by atoms with Crippen molar-refractivity contribution in [3.8, 4) is 11.5 Å². The first-order chi connectivity index (χ1) is 39.1. The standard InChI is InChI=1S/C54H44Cl2N6O18P2/c55-25-35-27-59(45-23-41(37-8-1-3-10-39(37)51(35)45)57-53(65)77-29-33-12-16-43(61(67)68)47(21-33)79-81(71,72)73)49(63)18-14-31-6-5-7-32(20-31)15-19-50(64)60-28-36(26-56)52-40-11-4-2-9-38(40)42(24-46(52)60)58-54(66)78-30-34-13-17-44(62(69)70)48(22-34)80-82(74,75)76/h1-24,35-36H,25-30H2,(H,57,65)(H,58,66)(H2,71,72,73)(H2,74,75,76). The van der Waals surface area contributed by atoms with Crippen molar-refractivity contribution in [3.05, 3.63) is 187 Å². The maximum Gasteiger partial charge on any atom is 0.525 e. The van der Waals surface area contributed by atoms with E-state index in [9.17, 15) is 68.1 Å². The van der Waals surface area contributed by atoms with Gasteiger partial charge in [-0.3, -0.25) is 60.0 Å². The lowest BCUT2D eigenvalue weighted by Gasteiger charge is -2.18. The number of nitrogens with zero attached hydrogens (tertiary/aromatic N) is 4. The second kappa shape index (κ2) is 24.2. The van der Waals surface area contributed by atoms with E-state index in [0.29, 0.717) is 44.0 Å². The van der Waals surface area contributed by atoms with E-state index in [4.69, 9.17) is 32.7 Å². The fourth-order valence-corrected chi connectivity index (χ4v) is 10.9. The molecule has 2 aliphatic heterocycles. The highest BCUT2D eigenvalue weighted by molar-refractivity contribution is 7.47. The molecule has 0 bridgehead atoms. The third-order valence-corrected chi connectivity index (χ3v) is 14.7. The monoisotopic (exact) mass is 1200 g/mol. The molecule has 0 fully saturated rings. The molecule has 0 aliphatic carbocycles. The molecular weight excluding hydrogens is 1150 g/mol. The molecule has 24 nitrogen and oxygen atoms in total. The van der Waals surface area contributed by atoms with Crippen molar-refractivity contribution in [1.29, 1.82) is 0 Å². The van der Waals surface area contributed by atoms with Gasteiger partial charge in [-0.05, 0) is 98.8 Å². The minimum absolute atomic E-state index is 0.118. The molecule has 2 aliphatic rings. The molecule has 2 unspecified atom stereocenters. The van der Waals surface area contributed by atoms with Gasteiger partial charge in [0.05, 0.1) is 32.6 Å². The second-order valence-corrected chi connectivity index (χ2v) is 21.4. The van der Waals surface area contributed by atoms with E-state index in [0.717, 1.165) is 35.4 Å². The van der Waals surface area contributed by atoms with Crippen LogP contribution in [0.4, 0.5) is 43.7 Å². The van der Waals surface area contributed by atoms with E-state index in [1.807, 2.05) is 12.1 Å². The van der Waals surface area contributed by atoms with Crippen molar-refractivity contribution in [3.63, 3.8) is 0 Å². The number of benzene rings is 7. The zero-order valence-corrected chi connectivity index (χ0v) is 45.5. The van der Waals surface area contributed by atoms with E-state index in [1.54, 1.807) is 84.9 Å². The summed E-state index contributed by atoms with van der Waals surface area (Å²) in [7, 11) is -10.4. The molecule has 4 amide bonds. The zero-order valence-electron chi connectivity index (χ0n) is 42.2. The second-order valence-electron chi connectivity index (χ2n) is 18.4. The lowest BCUT2D eigenvalue weighted by molar-refractivity contribution is -0.385. The molecule has 2 heterocycles. The van der Waals surface area contributed by atoms with Gasteiger partial charge in [0.25, 0.3) is 11.8 Å². The van der Waals surface area contributed by atoms with Crippen LogP contribution < -0.4 is 29.5 Å². The number of phosphoric ester groups is 2. The van der Waals surface area contributed by atoms with E-state index in [1.165, 1.54) is 34.1 Å². The van der Waals surface area contributed by atoms with Crippen molar-refractivity contribution < 1.29 is 76.2 Å². The number of hydrogen-bond donors (Lipinski definition) is 6. The minimum Gasteiger partial charge on any atom is -0.444 e. The molecule has 0 radical (unpaired) electrons. The Balaban J connectivity index is 0.893. The van der Waals surface area contributed by atoms with Crippen LogP contribution in [0, 0.1) is 20.2 Å². The molecule has 7 aromatic carbocycles. The molecule has 422 valence electrons. The Morgan fingerprint density at radius 2 is 0.963 bits per heavy atom. The lowest BCUT2D eigenvalue weighted by atomic mass is 9.95. The number of halogens is 2. The average molecular weight is 1200 g/mol. The number of phosphoric acid groups is 2. The Hall–Kier alpha value is -8.70. The van der Waals surface area contributed by atoms with E-state index in [-0.39, 0.29) is 59.2 Å². The van der Waals surface area contributed by atoms with Gasteiger partial charge in [0.1, 0.15) is 13.2 Å². The molecule has 0 aromatic heterocycles. The molecule has 2 atom stereocenters. The number of nitrogens with one attached hydrogen (secondary N) is 2. The number of amides is 4.